The van der Waals surface area contributed by atoms with Gasteiger partial charge in [-0.15, -0.1) is 0 Å². The number of carbonyl (C=O) groups is 2. The van der Waals surface area contributed by atoms with Gasteiger partial charge in [0.1, 0.15) is 0 Å². The molecule has 0 unspecified atom stereocenters. The van der Waals surface area contributed by atoms with Crippen LogP contribution in [-0.4, -0.2) is 31.6 Å². The van der Waals surface area contributed by atoms with Crippen LogP contribution in [0, 0.1) is 6.92 Å². The van der Waals surface area contributed by atoms with Gasteiger partial charge in [-0.3, -0.25) is 9.59 Å². The maximum absolute atomic E-state index is 11.8. The van der Waals surface area contributed by atoms with E-state index in [9.17, 15) is 9.59 Å². The minimum Gasteiger partial charge on any atom is -0.381 e. The molecule has 0 saturated carbocycles. The number of rotatable bonds is 8. The molecule has 2 N–H and O–H groups in total. The Morgan fingerprint density at radius 1 is 1.18 bits per heavy atom. The van der Waals surface area contributed by atoms with E-state index in [0.717, 1.165) is 25.0 Å². The standard InChI is InChI=1S/C16H23ClN2O3/c1-3-4-9-22-10-5-8-18-15(20)16(21)19-14-11-13(17)7-6-12(14)2/h6-7,11H,3-5,8-10H2,1-2H3,(H,18,20)(H,19,21). The Morgan fingerprint density at radius 2 is 1.91 bits per heavy atom. The Bertz CT molecular complexity index is 506. The zero-order valence-electron chi connectivity index (χ0n) is 13.1. The monoisotopic (exact) mass is 326 g/mol. The lowest BCUT2D eigenvalue weighted by molar-refractivity contribution is -0.136. The van der Waals surface area contributed by atoms with Gasteiger partial charge >= 0.3 is 11.8 Å². The fourth-order valence-corrected chi connectivity index (χ4v) is 1.88. The molecule has 6 heteroatoms. The largest absolute Gasteiger partial charge is 0.381 e. The van der Waals surface area contributed by atoms with Gasteiger partial charge in [-0.25, -0.2) is 0 Å². The molecule has 0 bridgehead atoms. The number of hydrogen-bond acceptors (Lipinski definition) is 3. The highest BCUT2D eigenvalue weighted by Gasteiger charge is 2.14. The van der Waals surface area contributed by atoms with Crippen LogP contribution in [0.4, 0.5) is 5.69 Å². The van der Waals surface area contributed by atoms with Crippen molar-refractivity contribution >= 4 is 29.1 Å². The number of hydrogen-bond donors (Lipinski definition) is 2. The molecule has 0 saturated heterocycles. The van der Waals surface area contributed by atoms with E-state index in [0.29, 0.717) is 30.3 Å². The zero-order valence-corrected chi connectivity index (χ0v) is 13.8. The van der Waals surface area contributed by atoms with Crippen molar-refractivity contribution in [1.29, 1.82) is 0 Å². The van der Waals surface area contributed by atoms with Crippen LogP contribution in [0.1, 0.15) is 31.7 Å². The number of aryl methyl sites for hydroxylation is 1. The topological polar surface area (TPSA) is 67.4 Å². The molecule has 0 aliphatic carbocycles. The molecular formula is C16H23ClN2O3. The van der Waals surface area contributed by atoms with Crippen molar-refractivity contribution in [3.63, 3.8) is 0 Å². The van der Waals surface area contributed by atoms with Gasteiger partial charge in [0.2, 0.25) is 0 Å². The summed E-state index contributed by atoms with van der Waals surface area (Å²) in [4.78, 5) is 23.5. The number of unbranched alkanes of at least 4 members (excludes halogenated alkanes) is 1. The van der Waals surface area contributed by atoms with Crippen LogP contribution >= 0.6 is 11.6 Å². The second kappa shape index (κ2) is 10.2. The molecule has 5 nitrogen and oxygen atoms in total. The lowest BCUT2D eigenvalue weighted by Gasteiger charge is -2.09. The third-order valence-corrected chi connectivity index (χ3v) is 3.28. The number of amides is 2. The maximum Gasteiger partial charge on any atom is 0.313 e. The molecule has 1 aromatic rings. The SMILES string of the molecule is CCCCOCCCNC(=O)C(=O)Nc1cc(Cl)ccc1C. The molecule has 0 atom stereocenters. The first-order chi connectivity index (χ1) is 10.5. The van der Waals surface area contributed by atoms with E-state index in [1.54, 1.807) is 18.2 Å². The first kappa shape index (κ1) is 18.5. The number of halogens is 1. The third-order valence-electron chi connectivity index (χ3n) is 3.05. The number of anilines is 1. The third kappa shape index (κ3) is 6.91. The van der Waals surface area contributed by atoms with Gasteiger partial charge in [0, 0.05) is 30.5 Å². The van der Waals surface area contributed by atoms with E-state index in [1.807, 2.05) is 6.92 Å². The van der Waals surface area contributed by atoms with Gasteiger partial charge < -0.3 is 15.4 Å². The van der Waals surface area contributed by atoms with Crippen molar-refractivity contribution in [3.05, 3.63) is 28.8 Å². The van der Waals surface area contributed by atoms with Gasteiger partial charge in [-0.2, -0.15) is 0 Å². The predicted octanol–water partition coefficient (Wildman–Crippen LogP) is 2.91. The minimum absolute atomic E-state index is 0.410. The molecule has 0 aliphatic rings. The summed E-state index contributed by atoms with van der Waals surface area (Å²) in [5.41, 5.74) is 1.38. The first-order valence-corrected chi connectivity index (χ1v) is 7.85. The highest BCUT2D eigenvalue weighted by molar-refractivity contribution is 6.40. The fraction of sp³-hybridized carbons (Fsp3) is 0.500. The van der Waals surface area contributed by atoms with Crippen molar-refractivity contribution < 1.29 is 14.3 Å². The quantitative estimate of drug-likeness (QED) is 0.570. The molecule has 22 heavy (non-hydrogen) atoms. The molecule has 0 spiro atoms. The highest BCUT2D eigenvalue weighted by Crippen LogP contribution is 2.19. The van der Waals surface area contributed by atoms with Crippen LogP contribution in [0.3, 0.4) is 0 Å². The number of carbonyl (C=O) groups excluding carboxylic acids is 2. The van der Waals surface area contributed by atoms with Crippen molar-refractivity contribution in [2.24, 2.45) is 0 Å². The summed E-state index contributed by atoms with van der Waals surface area (Å²) in [6.07, 6.45) is 2.81. The summed E-state index contributed by atoms with van der Waals surface area (Å²) in [7, 11) is 0. The van der Waals surface area contributed by atoms with E-state index in [4.69, 9.17) is 16.3 Å². The van der Waals surface area contributed by atoms with Crippen LogP contribution in [0.2, 0.25) is 5.02 Å². The first-order valence-electron chi connectivity index (χ1n) is 7.47. The van der Waals surface area contributed by atoms with E-state index in [1.165, 1.54) is 0 Å². The predicted molar refractivity (Wildman–Crippen MR) is 88.2 cm³/mol. The van der Waals surface area contributed by atoms with Gasteiger partial charge in [0.15, 0.2) is 0 Å². The summed E-state index contributed by atoms with van der Waals surface area (Å²) in [5, 5.41) is 5.62. The minimum atomic E-state index is -0.697. The normalized spacial score (nSPS) is 10.3. The van der Waals surface area contributed by atoms with Gasteiger partial charge in [-0.1, -0.05) is 31.0 Å². The number of benzene rings is 1. The van der Waals surface area contributed by atoms with E-state index in [-0.39, 0.29) is 0 Å². The molecule has 2 amide bonds. The maximum atomic E-state index is 11.8. The lowest BCUT2D eigenvalue weighted by atomic mass is 10.2. The second-order valence-corrected chi connectivity index (χ2v) is 5.43. The van der Waals surface area contributed by atoms with Gasteiger partial charge in [0.25, 0.3) is 0 Å². The van der Waals surface area contributed by atoms with Crippen LogP contribution in [0.15, 0.2) is 18.2 Å². The lowest BCUT2D eigenvalue weighted by Crippen LogP contribution is -2.36. The molecule has 0 aromatic heterocycles. The van der Waals surface area contributed by atoms with E-state index < -0.39 is 11.8 Å². The van der Waals surface area contributed by atoms with E-state index in [2.05, 4.69) is 17.6 Å². The Balaban J connectivity index is 2.27. The Kier molecular flexibility index (Phi) is 8.55. The summed E-state index contributed by atoms with van der Waals surface area (Å²) in [6.45, 7) is 5.66. The van der Waals surface area contributed by atoms with Crippen LogP contribution < -0.4 is 10.6 Å². The van der Waals surface area contributed by atoms with Crippen LogP contribution in [0.25, 0.3) is 0 Å². The molecule has 1 aromatic carbocycles. The van der Waals surface area contributed by atoms with E-state index >= 15 is 0 Å². The summed E-state index contributed by atoms with van der Waals surface area (Å²) >= 11 is 5.87. The molecule has 0 fully saturated rings. The van der Waals surface area contributed by atoms with Crippen molar-refractivity contribution in [2.45, 2.75) is 33.1 Å². The Hall–Kier alpha value is -1.59. The molecule has 0 aliphatic heterocycles. The Morgan fingerprint density at radius 3 is 2.64 bits per heavy atom. The van der Waals surface area contributed by atoms with Crippen molar-refractivity contribution in [2.75, 3.05) is 25.1 Å². The average Bonchev–Trinajstić information content (AvgIpc) is 2.49. The average molecular weight is 327 g/mol. The zero-order chi connectivity index (χ0) is 16.4. The fourth-order valence-electron chi connectivity index (χ4n) is 1.71. The smallest absolute Gasteiger partial charge is 0.313 e. The van der Waals surface area contributed by atoms with Crippen LogP contribution in [0.5, 0.6) is 0 Å². The highest BCUT2D eigenvalue weighted by atomic mass is 35.5. The summed E-state index contributed by atoms with van der Waals surface area (Å²) < 4.78 is 5.37. The Labute approximate surface area is 136 Å². The molecule has 0 heterocycles. The van der Waals surface area contributed by atoms with Crippen molar-refractivity contribution in [1.82, 2.24) is 5.32 Å². The molecule has 0 radical (unpaired) electrons. The van der Waals surface area contributed by atoms with Gasteiger partial charge in [0.05, 0.1) is 0 Å². The molecular weight excluding hydrogens is 304 g/mol. The van der Waals surface area contributed by atoms with Crippen molar-refractivity contribution in [3.8, 4) is 0 Å². The van der Waals surface area contributed by atoms with Gasteiger partial charge in [-0.05, 0) is 37.5 Å². The summed E-state index contributed by atoms with van der Waals surface area (Å²) in [5.74, 6) is -1.36. The number of ether oxygens (including phenoxy) is 1. The van der Waals surface area contributed by atoms with Crippen LogP contribution in [-0.2, 0) is 14.3 Å². The molecule has 1 rings (SSSR count). The molecule has 122 valence electrons. The summed E-state index contributed by atoms with van der Waals surface area (Å²) in [6, 6.07) is 5.12. The number of nitrogens with one attached hydrogen (secondary N) is 2. The second-order valence-electron chi connectivity index (χ2n) is 4.99.